The van der Waals surface area contributed by atoms with Crippen molar-refractivity contribution in [1.29, 1.82) is 0 Å². The lowest BCUT2D eigenvalue weighted by Crippen LogP contribution is -2.06. The molecule has 0 aliphatic carbocycles. The Morgan fingerprint density at radius 2 is 0.917 bits per heavy atom. The van der Waals surface area contributed by atoms with E-state index in [0.29, 0.717) is 12.3 Å². The number of benzene rings is 3. The fraction of sp³-hybridized carbons (Fsp3) is 0.0909. The van der Waals surface area contributed by atoms with Gasteiger partial charge in [-0.2, -0.15) is 0 Å². The average molecular weight is 330 g/mol. The maximum Gasteiger partial charge on any atom is 0.124 e. The van der Waals surface area contributed by atoms with E-state index in [1.165, 1.54) is 22.3 Å². The molecule has 2 heteroatoms. The van der Waals surface area contributed by atoms with Gasteiger partial charge in [0, 0.05) is 17.6 Å². The van der Waals surface area contributed by atoms with Crippen LogP contribution in [0.15, 0.2) is 91.0 Å². The summed E-state index contributed by atoms with van der Waals surface area (Å²) < 4.78 is 13.7. The fourth-order valence-corrected chi connectivity index (χ4v) is 6.41. The number of allylic oxidation sites excluding steroid dienone is 2. The van der Waals surface area contributed by atoms with Crippen LogP contribution in [0.4, 0.5) is 0 Å². The molecule has 1 aliphatic heterocycles. The van der Waals surface area contributed by atoms with Crippen LogP contribution in [0.2, 0.25) is 0 Å². The smallest absolute Gasteiger partial charge is 0.124 e. The van der Waals surface area contributed by atoms with Crippen LogP contribution >= 0.6 is 7.14 Å². The van der Waals surface area contributed by atoms with Crippen LogP contribution in [0, 0.1) is 0 Å². The van der Waals surface area contributed by atoms with Crippen LogP contribution < -0.4 is 5.30 Å². The summed E-state index contributed by atoms with van der Waals surface area (Å²) in [5, 5.41) is 0.990. The first-order valence-electron chi connectivity index (χ1n) is 8.23. The molecule has 0 saturated heterocycles. The molecule has 0 atom stereocenters. The van der Waals surface area contributed by atoms with E-state index in [-0.39, 0.29) is 0 Å². The van der Waals surface area contributed by atoms with E-state index >= 15 is 0 Å². The Bertz CT molecular complexity index is 856. The number of hydrogen-bond donors (Lipinski definition) is 0. The summed E-state index contributed by atoms with van der Waals surface area (Å²) in [7, 11) is -2.44. The zero-order valence-electron chi connectivity index (χ0n) is 13.4. The SMILES string of the molecule is O=P1(c2ccccc2)CC(c2ccccc2)=C(c2ccccc2)C1. The van der Waals surface area contributed by atoms with E-state index in [2.05, 4.69) is 48.5 Å². The average Bonchev–Trinajstić information content (AvgIpc) is 3.03. The summed E-state index contributed by atoms with van der Waals surface area (Å²) in [6, 6.07) is 30.7. The largest absolute Gasteiger partial charge is 0.318 e. The highest BCUT2D eigenvalue weighted by Crippen LogP contribution is 2.57. The Morgan fingerprint density at radius 1 is 0.542 bits per heavy atom. The Labute approximate surface area is 143 Å². The molecule has 0 saturated carbocycles. The summed E-state index contributed by atoms with van der Waals surface area (Å²) in [4.78, 5) is 0. The van der Waals surface area contributed by atoms with Gasteiger partial charge in [0.05, 0.1) is 0 Å². The molecule has 0 fully saturated rings. The van der Waals surface area contributed by atoms with E-state index in [0.717, 1.165) is 5.30 Å². The van der Waals surface area contributed by atoms with E-state index in [4.69, 9.17) is 0 Å². The van der Waals surface area contributed by atoms with E-state index in [1.807, 2.05) is 42.5 Å². The van der Waals surface area contributed by atoms with Gasteiger partial charge in [-0.3, -0.25) is 0 Å². The van der Waals surface area contributed by atoms with Crippen LogP contribution in [0.5, 0.6) is 0 Å². The quantitative estimate of drug-likeness (QED) is 0.596. The molecule has 24 heavy (non-hydrogen) atoms. The second kappa shape index (κ2) is 6.26. The van der Waals surface area contributed by atoms with E-state index < -0.39 is 7.14 Å². The van der Waals surface area contributed by atoms with Crippen LogP contribution in [0.1, 0.15) is 11.1 Å². The van der Waals surface area contributed by atoms with Crippen molar-refractivity contribution in [3.05, 3.63) is 102 Å². The molecular weight excluding hydrogens is 311 g/mol. The molecule has 118 valence electrons. The normalized spacial score (nSPS) is 16.3. The Hall–Kier alpha value is -2.37. The molecule has 1 nitrogen and oxygen atoms in total. The number of rotatable bonds is 3. The Morgan fingerprint density at radius 3 is 1.33 bits per heavy atom. The van der Waals surface area contributed by atoms with Gasteiger partial charge in [-0.25, -0.2) is 0 Å². The van der Waals surface area contributed by atoms with Gasteiger partial charge in [0.15, 0.2) is 0 Å². The van der Waals surface area contributed by atoms with Crippen molar-refractivity contribution in [3.63, 3.8) is 0 Å². The van der Waals surface area contributed by atoms with Gasteiger partial charge < -0.3 is 4.57 Å². The van der Waals surface area contributed by atoms with Gasteiger partial charge in [-0.05, 0) is 22.3 Å². The second-order valence-electron chi connectivity index (χ2n) is 6.23. The maximum absolute atomic E-state index is 13.7. The van der Waals surface area contributed by atoms with Crippen molar-refractivity contribution in [2.24, 2.45) is 0 Å². The maximum atomic E-state index is 13.7. The number of hydrogen-bond acceptors (Lipinski definition) is 1. The zero-order valence-corrected chi connectivity index (χ0v) is 14.3. The summed E-state index contributed by atoms with van der Waals surface area (Å²) >= 11 is 0. The highest BCUT2D eigenvalue weighted by atomic mass is 31.2. The fourth-order valence-electron chi connectivity index (χ4n) is 3.45. The molecule has 1 aliphatic rings. The molecule has 0 aromatic heterocycles. The van der Waals surface area contributed by atoms with Gasteiger partial charge in [0.2, 0.25) is 0 Å². The molecule has 1 heterocycles. The molecule has 0 amide bonds. The lowest BCUT2D eigenvalue weighted by atomic mass is 9.97. The summed E-state index contributed by atoms with van der Waals surface area (Å²) in [6.07, 6.45) is 1.29. The van der Waals surface area contributed by atoms with Crippen molar-refractivity contribution in [3.8, 4) is 0 Å². The van der Waals surface area contributed by atoms with Crippen molar-refractivity contribution >= 4 is 23.6 Å². The Balaban J connectivity index is 1.84. The second-order valence-corrected chi connectivity index (χ2v) is 9.16. The molecular formula is C22H19OP. The van der Waals surface area contributed by atoms with Gasteiger partial charge in [0.25, 0.3) is 0 Å². The third-order valence-corrected chi connectivity index (χ3v) is 7.56. The molecule has 0 bridgehead atoms. The van der Waals surface area contributed by atoms with Crippen LogP contribution in [-0.2, 0) is 4.57 Å². The molecule has 4 rings (SSSR count). The van der Waals surface area contributed by atoms with Crippen molar-refractivity contribution in [1.82, 2.24) is 0 Å². The summed E-state index contributed by atoms with van der Waals surface area (Å²) in [5.74, 6) is 0. The summed E-state index contributed by atoms with van der Waals surface area (Å²) in [5.41, 5.74) is 4.83. The molecule has 3 aromatic rings. The summed E-state index contributed by atoms with van der Waals surface area (Å²) in [6.45, 7) is 0. The van der Waals surface area contributed by atoms with E-state index in [9.17, 15) is 4.57 Å². The first kappa shape index (κ1) is 15.2. The van der Waals surface area contributed by atoms with E-state index in [1.54, 1.807) is 0 Å². The van der Waals surface area contributed by atoms with Gasteiger partial charge in [-0.15, -0.1) is 0 Å². The van der Waals surface area contributed by atoms with Crippen molar-refractivity contribution in [2.45, 2.75) is 0 Å². The predicted molar refractivity (Wildman–Crippen MR) is 103 cm³/mol. The minimum absolute atomic E-state index is 0.644. The van der Waals surface area contributed by atoms with Crippen LogP contribution in [0.25, 0.3) is 11.1 Å². The lowest BCUT2D eigenvalue weighted by Gasteiger charge is -2.12. The molecule has 0 unspecified atom stereocenters. The zero-order chi connectivity index (χ0) is 16.4. The monoisotopic (exact) mass is 330 g/mol. The van der Waals surface area contributed by atoms with Gasteiger partial charge in [-0.1, -0.05) is 91.0 Å². The van der Waals surface area contributed by atoms with Gasteiger partial charge in [0.1, 0.15) is 7.14 Å². The predicted octanol–water partition coefficient (Wildman–Crippen LogP) is 5.30. The molecule has 0 radical (unpaired) electrons. The first-order valence-corrected chi connectivity index (χ1v) is 10.3. The minimum Gasteiger partial charge on any atom is -0.318 e. The highest BCUT2D eigenvalue weighted by molar-refractivity contribution is 7.73. The van der Waals surface area contributed by atoms with Crippen LogP contribution in [0.3, 0.4) is 0 Å². The topological polar surface area (TPSA) is 17.1 Å². The highest BCUT2D eigenvalue weighted by Gasteiger charge is 2.35. The minimum atomic E-state index is -2.44. The third-order valence-electron chi connectivity index (χ3n) is 4.66. The third kappa shape index (κ3) is 2.77. The first-order chi connectivity index (χ1) is 11.8. The Kier molecular flexibility index (Phi) is 3.96. The van der Waals surface area contributed by atoms with Crippen molar-refractivity contribution < 1.29 is 4.57 Å². The van der Waals surface area contributed by atoms with Gasteiger partial charge >= 0.3 is 0 Å². The van der Waals surface area contributed by atoms with Crippen LogP contribution in [-0.4, -0.2) is 12.3 Å². The van der Waals surface area contributed by atoms with Crippen molar-refractivity contribution in [2.75, 3.05) is 12.3 Å². The molecule has 0 spiro atoms. The molecule has 0 N–H and O–H groups in total. The lowest BCUT2D eigenvalue weighted by molar-refractivity contribution is 0.586. The molecule has 3 aromatic carbocycles. The standard InChI is InChI=1S/C22H19OP/c23-24(20-14-8-3-9-15-20)16-21(18-10-4-1-5-11-18)22(17-24)19-12-6-2-7-13-19/h1-15H,16-17H2.